The van der Waals surface area contributed by atoms with Gasteiger partial charge in [-0.25, -0.2) is 0 Å². The Labute approximate surface area is 210 Å². The summed E-state index contributed by atoms with van der Waals surface area (Å²) in [6, 6.07) is 19.6. The van der Waals surface area contributed by atoms with Crippen LogP contribution in [-0.2, 0) is 11.4 Å². The summed E-state index contributed by atoms with van der Waals surface area (Å²) in [5, 5.41) is 12.9. The molecule has 0 bridgehead atoms. The molecule has 3 rings (SSSR count). The van der Waals surface area contributed by atoms with E-state index in [9.17, 15) is 10.1 Å². The third-order valence-corrected chi connectivity index (χ3v) is 5.45. The largest absolute Gasteiger partial charge is 0.494 e. The molecule has 1 amide bonds. The van der Waals surface area contributed by atoms with E-state index in [1.807, 2.05) is 37.3 Å². The van der Waals surface area contributed by atoms with Gasteiger partial charge in [-0.15, -0.1) is 0 Å². The quantitative estimate of drug-likeness (QED) is 0.238. The smallest absolute Gasteiger partial charge is 0.266 e. The molecule has 8 heteroatoms. The van der Waals surface area contributed by atoms with Crippen LogP contribution in [0.15, 0.2) is 70.7 Å². The number of nitriles is 1. The molecule has 3 aromatic rings. The first-order chi connectivity index (χ1) is 15.9. The van der Waals surface area contributed by atoms with Gasteiger partial charge in [-0.1, -0.05) is 51.3 Å². The maximum absolute atomic E-state index is 12.7. The first kappa shape index (κ1) is 24.7. The van der Waals surface area contributed by atoms with E-state index in [0.717, 1.165) is 10.0 Å². The number of benzene rings is 3. The zero-order chi connectivity index (χ0) is 23.8. The second kappa shape index (κ2) is 11.8. The molecule has 5 nitrogen and oxygen atoms in total. The van der Waals surface area contributed by atoms with Crippen LogP contribution in [0, 0.1) is 11.3 Å². The van der Waals surface area contributed by atoms with Gasteiger partial charge in [0.2, 0.25) is 0 Å². The summed E-state index contributed by atoms with van der Waals surface area (Å²) < 4.78 is 12.3. The van der Waals surface area contributed by atoms with E-state index in [1.54, 1.807) is 36.4 Å². The van der Waals surface area contributed by atoms with Crippen LogP contribution in [0.3, 0.4) is 0 Å². The maximum atomic E-state index is 12.7. The first-order valence-electron chi connectivity index (χ1n) is 9.92. The third-order valence-electron chi connectivity index (χ3n) is 4.42. The molecule has 1 N–H and O–H groups in total. The minimum atomic E-state index is -0.573. The predicted molar refractivity (Wildman–Crippen MR) is 135 cm³/mol. The Morgan fingerprint density at radius 3 is 2.42 bits per heavy atom. The summed E-state index contributed by atoms with van der Waals surface area (Å²) in [7, 11) is 0. The summed E-state index contributed by atoms with van der Waals surface area (Å²) in [4.78, 5) is 12.7. The van der Waals surface area contributed by atoms with Crippen molar-refractivity contribution in [3.63, 3.8) is 0 Å². The Bertz CT molecular complexity index is 1200. The van der Waals surface area contributed by atoms with Crippen LogP contribution in [0.25, 0.3) is 6.08 Å². The van der Waals surface area contributed by atoms with E-state index in [-0.39, 0.29) is 17.2 Å². The Kier molecular flexibility index (Phi) is 8.79. The van der Waals surface area contributed by atoms with Gasteiger partial charge < -0.3 is 14.8 Å². The SMILES string of the molecule is CCOc1ccc(NC(=O)/C(C#N)=C/c2cc(Cl)cc(Cl)c2OCc2ccc(Br)cc2)cc1. The van der Waals surface area contributed by atoms with Crippen molar-refractivity contribution in [3.05, 3.63) is 91.9 Å². The van der Waals surface area contributed by atoms with Gasteiger partial charge in [-0.3, -0.25) is 4.79 Å². The van der Waals surface area contributed by atoms with Crippen LogP contribution in [0.1, 0.15) is 18.1 Å². The number of nitrogens with zero attached hydrogens (tertiary/aromatic N) is 1. The van der Waals surface area contributed by atoms with Crippen molar-refractivity contribution in [2.75, 3.05) is 11.9 Å². The molecule has 3 aromatic carbocycles. The number of carbonyl (C=O) groups excluding carboxylic acids is 1. The fourth-order valence-corrected chi connectivity index (χ4v) is 3.71. The third kappa shape index (κ3) is 7.00. The predicted octanol–water partition coefficient (Wildman–Crippen LogP) is 7.28. The van der Waals surface area contributed by atoms with Crippen LogP contribution < -0.4 is 14.8 Å². The highest BCUT2D eigenvalue weighted by Crippen LogP contribution is 2.34. The summed E-state index contributed by atoms with van der Waals surface area (Å²) in [5.74, 6) is 0.440. The molecule has 0 aliphatic heterocycles. The van der Waals surface area contributed by atoms with E-state index >= 15 is 0 Å². The Balaban J connectivity index is 1.83. The molecule has 0 fully saturated rings. The minimum absolute atomic E-state index is 0.129. The van der Waals surface area contributed by atoms with Crippen molar-refractivity contribution in [1.82, 2.24) is 0 Å². The average Bonchev–Trinajstić information content (AvgIpc) is 2.79. The lowest BCUT2D eigenvalue weighted by atomic mass is 10.1. The number of nitrogens with one attached hydrogen (secondary N) is 1. The minimum Gasteiger partial charge on any atom is -0.494 e. The van der Waals surface area contributed by atoms with Gasteiger partial charge in [0.05, 0.1) is 11.6 Å². The molecule has 33 heavy (non-hydrogen) atoms. The number of hydrogen-bond donors (Lipinski definition) is 1. The van der Waals surface area contributed by atoms with Crippen molar-refractivity contribution >= 4 is 56.8 Å². The van der Waals surface area contributed by atoms with Gasteiger partial charge in [-0.2, -0.15) is 5.26 Å². The van der Waals surface area contributed by atoms with Gasteiger partial charge in [0.1, 0.15) is 29.7 Å². The fourth-order valence-electron chi connectivity index (χ4n) is 2.88. The van der Waals surface area contributed by atoms with Gasteiger partial charge in [0.15, 0.2) is 0 Å². The number of anilines is 1. The highest BCUT2D eigenvalue weighted by Gasteiger charge is 2.15. The molecular formula is C25H19BrCl2N2O3. The second-order valence-corrected chi connectivity index (χ2v) is 8.56. The van der Waals surface area contributed by atoms with E-state index in [1.165, 1.54) is 6.08 Å². The monoisotopic (exact) mass is 544 g/mol. The second-order valence-electron chi connectivity index (χ2n) is 6.80. The Morgan fingerprint density at radius 2 is 1.79 bits per heavy atom. The number of amides is 1. The molecule has 0 atom stereocenters. The summed E-state index contributed by atoms with van der Waals surface area (Å²) in [6.07, 6.45) is 1.40. The molecular weight excluding hydrogens is 527 g/mol. The fraction of sp³-hybridized carbons (Fsp3) is 0.120. The average molecular weight is 546 g/mol. The summed E-state index contributed by atoms with van der Waals surface area (Å²) in [6.45, 7) is 2.68. The zero-order valence-corrected chi connectivity index (χ0v) is 20.7. The molecule has 0 aliphatic carbocycles. The maximum Gasteiger partial charge on any atom is 0.266 e. The lowest BCUT2D eigenvalue weighted by molar-refractivity contribution is -0.112. The van der Waals surface area contributed by atoms with E-state index in [0.29, 0.717) is 34.4 Å². The van der Waals surface area contributed by atoms with E-state index in [4.69, 9.17) is 32.7 Å². The van der Waals surface area contributed by atoms with Gasteiger partial charge in [-0.05, 0) is 67.1 Å². The van der Waals surface area contributed by atoms with Gasteiger partial charge in [0, 0.05) is 20.7 Å². The molecule has 0 aliphatic rings. The molecule has 0 heterocycles. The van der Waals surface area contributed by atoms with Crippen LogP contribution in [0.2, 0.25) is 10.0 Å². The van der Waals surface area contributed by atoms with Gasteiger partial charge in [0.25, 0.3) is 5.91 Å². The van der Waals surface area contributed by atoms with Crippen molar-refractivity contribution in [1.29, 1.82) is 5.26 Å². The molecule has 0 saturated heterocycles. The number of rotatable bonds is 8. The topological polar surface area (TPSA) is 71.3 Å². The lowest BCUT2D eigenvalue weighted by Crippen LogP contribution is -2.13. The molecule has 0 unspecified atom stereocenters. The lowest BCUT2D eigenvalue weighted by Gasteiger charge is -2.13. The first-order valence-corrected chi connectivity index (χ1v) is 11.5. The molecule has 0 saturated carbocycles. The standard InChI is InChI=1S/C25H19BrCl2N2O3/c1-2-32-22-9-7-21(8-10-22)30-25(31)18(14-29)11-17-12-20(27)13-23(28)24(17)33-15-16-3-5-19(26)6-4-16/h3-13H,2,15H2,1H3,(H,30,31)/b18-11+. The molecule has 0 radical (unpaired) electrons. The molecule has 0 spiro atoms. The number of carbonyl (C=O) groups is 1. The molecule has 168 valence electrons. The summed E-state index contributed by atoms with van der Waals surface area (Å²) in [5.41, 5.74) is 1.74. The van der Waals surface area contributed by atoms with Gasteiger partial charge >= 0.3 is 0 Å². The summed E-state index contributed by atoms with van der Waals surface area (Å²) >= 11 is 15.9. The van der Waals surface area contributed by atoms with Crippen molar-refractivity contribution in [2.45, 2.75) is 13.5 Å². The molecule has 0 aromatic heterocycles. The van der Waals surface area contributed by atoms with Crippen LogP contribution >= 0.6 is 39.1 Å². The highest BCUT2D eigenvalue weighted by atomic mass is 79.9. The zero-order valence-electron chi connectivity index (χ0n) is 17.6. The highest BCUT2D eigenvalue weighted by molar-refractivity contribution is 9.10. The van der Waals surface area contributed by atoms with Crippen molar-refractivity contribution in [3.8, 4) is 17.6 Å². The van der Waals surface area contributed by atoms with E-state index < -0.39 is 5.91 Å². The number of hydrogen-bond acceptors (Lipinski definition) is 4. The van der Waals surface area contributed by atoms with Crippen LogP contribution in [-0.4, -0.2) is 12.5 Å². The van der Waals surface area contributed by atoms with Crippen molar-refractivity contribution in [2.24, 2.45) is 0 Å². The van der Waals surface area contributed by atoms with Crippen LogP contribution in [0.5, 0.6) is 11.5 Å². The normalized spacial score (nSPS) is 10.9. The van der Waals surface area contributed by atoms with Crippen LogP contribution in [0.4, 0.5) is 5.69 Å². The van der Waals surface area contributed by atoms with E-state index in [2.05, 4.69) is 21.2 Å². The van der Waals surface area contributed by atoms with Crippen molar-refractivity contribution < 1.29 is 14.3 Å². The Hall–Kier alpha value is -2.98. The number of halogens is 3. The number of ether oxygens (including phenoxy) is 2. The Morgan fingerprint density at radius 1 is 1.09 bits per heavy atom.